The lowest BCUT2D eigenvalue weighted by Crippen LogP contribution is -2.35. The lowest BCUT2D eigenvalue weighted by molar-refractivity contribution is -0.114. The zero-order chi connectivity index (χ0) is 16.6. The smallest absolute Gasteiger partial charge is 0.251 e. The number of nitrogens with one attached hydrogen (secondary N) is 2. The largest absolute Gasteiger partial charge is 0.348 e. The second-order valence-corrected chi connectivity index (χ2v) is 8.72. The number of nitrogens with zero attached hydrogens (tertiary/aromatic N) is 1. The van der Waals surface area contributed by atoms with Crippen molar-refractivity contribution in [3.05, 3.63) is 23.8 Å². The average Bonchev–Trinajstić information content (AvgIpc) is 2.99. The fourth-order valence-corrected chi connectivity index (χ4v) is 5.07. The Hall–Kier alpha value is -2.00. The van der Waals surface area contributed by atoms with Crippen LogP contribution in [0.1, 0.15) is 23.7 Å². The highest BCUT2D eigenvalue weighted by atomic mass is 32.2. The monoisotopic (exact) mass is 353 g/mol. The van der Waals surface area contributed by atoms with Gasteiger partial charge in [-0.3, -0.25) is 9.59 Å². The summed E-state index contributed by atoms with van der Waals surface area (Å²) < 4.78 is 23.6. The second kappa shape index (κ2) is 5.89. The maximum Gasteiger partial charge on any atom is 0.251 e. The van der Waals surface area contributed by atoms with Crippen molar-refractivity contribution in [1.29, 1.82) is 0 Å². The van der Waals surface area contributed by atoms with Crippen molar-refractivity contribution in [2.45, 2.75) is 19.4 Å². The Kier molecular flexibility index (Phi) is 4.07. The van der Waals surface area contributed by atoms with E-state index in [9.17, 15) is 18.0 Å². The maximum atomic E-state index is 12.2. The Morgan fingerprint density at radius 1 is 1.35 bits per heavy atom. The molecule has 0 bridgehead atoms. The van der Waals surface area contributed by atoms with Crippen LogP contribution in [0.4, 0.5) is 5.13 Å². The zero-order valence-electron chi connectivity index (χ0n) is 12.3. The van der Waals surface area contributed by atoms with Gasteiger partial charge in [0.15, 0.2) is 15.0 Å². The van der Waals surface area contributed by atoms with Crippen molar-refractivity contribution in [3.63, 3.8) is 0 Å². The van der Waals surface area contributed by atoms with E-state index in [0.29, 0.717) is 22.6 Å². The summed E-state index contributed by atoms with van der Waals surface area (Å²) >= 11 is 1.28. The van der Waals surface area contributed by atoms with Gasteiger partial charge in [-0.2, -0.15) is 0 Å². The number of sulfone groups is 1. The van der Waals surface area contributed by atoms with Crippen molar-refractivity contribution < 1.29 is 18.0 Å². The topological polar surface area (TPSA) is 105 Å². The van der Waals surface area contributed by atoms with Gasteiger partial charge in [-0.25, -0.2) is 13.4 Å². The Balaban J connectivity index is 1.77. The van der Waals surface area contributed by atoms with Crippen LogP contribution in [0.25, 0.3) is 10.2 Å². The third kappa shape index (κ3) is 3.67. The number of amides is 2. The first-order chi connectivity index (χ1) is 10.8. The van der Waals surface area contributed by atoms with Crippen LogP contribution in [0, 0.1) is 0 Å². The third-order valence-electron chi connectivity index (χ3n) is 3.50. The molecule has 122 valence electrons. The molecule has 1 aliphatic rings. The molecule has 2 aromatic rings. The van der Waals surface area contributed by atoms with Crippen LogP contribution in [0.5, 0.6) is 0 Å². The van der Waals surface area contributed by atoms with Crippen LogP contribution in [0.2, 0.25) is 0 Å². The molecule has 0 saturated carbocycles. The van der Waals surface area contributed by atoms with Crippen molar-refractivity contribution in [1.82, 2.24) is 10.3 Å². The van der Waals surface area contributed by atoms with E-state index in [2.05, 4.69) is 15.6 Å². The van der Waals surface area contributed by atoms with Crippen LogP contribution in [0.15, 0.2) is 18.2 Å². The highest BCUT2D eigenvalue weighted by molar-refractivity contribution is 7.91. The molecule has 2 N–H and O–H groups in total. The standard InChI is InChI=1S/C14H15N3O4S2/c1-8(18)15-14-17-11-3-2-9(6-12(11)22-14)13(19)16-10-4-5-23(20,21)7-10/h2-3,6,10H,4-5,7H2,1H3,(H,16,19)(H,15,17,18)/t10-/m1/s1. The minimum Gasteiger partial charge on any atom is -0.348 e. The summed E-state index contributed by atoms with van der Waals surface area (Å²) in [7, 11) is -3.03. The van der Waals surface area contributed by atoms with Gasteiger partial charge in [0.1, 0.15) is 0 Å². The molecule has 1 fully saturated rings. The molecule has 2 amide bonds. The molecule has 1 aromatic carbocycles. The van der Waals surface area contributed by atoms with Crippen LogP contribution in [-0.2, 0) is 14.6 Å². The number of benzene rings is 1. The number of carbonyl (C=O) groups excluding carboxylic acids is 2. The fourth-order valence-electron chi connectivity index (χ4n) is 2.45. The van der Waals surface area contributed by atoms with E-state index in [4.69, 9.17) is 0 Å². The van der Waals surface area contributed by atoms with E-state index in [0.717, 1.165) is 4.70 Å². The summed E-state index contributed by atoms with van der Waals surface area (Å²) in [4.78, 5) is 27.6. The van der Waals surface area contributed by atoms with Crippen LogP contribution in [0.3, 0.4) is 0 Å². The summed E-state index contributed by atoms with van der Waals surface area (Å²) in [6, 6.07) is 4.70. The molecule has 9 heteroatoms. The van der Waals surface area contributed by atoms with Gasteiger partial charge in [0.25, 0.3) is 5.91 Å². The Bertz CT molecular complexity index is 889. The van der Waals surface area contributed by atoms with Gasteiger partial charge in [-0.1, -0.05) is 11.3 Å². The summed E-state index contributed by atoms with van der Waals surface area (Å²) in [6.07, 6.45) is 0.448. The average molecular weight is 353 g/mol. The number of aromatic nitrogens is 1. The van der Waals surface area contributed by atoms with Gasteiger partial charge in [0, 0.05) is 18.5 Å². The number of fused-ring (bicyclic) bond motifs is 1. The predicted octanol–water partition coefficient (Wildman–Crippen LogP) is 1.17. The van der Waals surface area contributed by atoms with E-state index in [-0.39, 0.29) is 29.4 Å². The van der Waals surface area contributed by atoms with Gasteiger partial charge in [0.2, 0.25) is 5.91 Å². The van der Waals surface area contributed by atoms with Crippen molar-refractivity contribution in [2.24, 2.45) is 0 Å². The van der Waals surface area contributed by atoms with Crippen LogP contribution >= 0.6 is 11.3 Å². The molecule has 1 atom stereocenters. The number of hydrogen-bond acceptors (Lipinski definition) is 6. The molecule has 1 saturated heterocycles. The van der Waals surface area contributed by atoms with E-state index >= 15 is 0 Å². The lowest BCUT2D eigenvalue weighted by atomic mass is 10.2. The first-order valence-corrected chi connectivity index (χ1v) is 9.66. The van der Waals surface area contributed by atoms with Gasteiger partial charge >= 0.3 is 0 Å². The minimum absolute atomic E-state index is 0.00573. The number of thiazole rings is 1. The van der Waals surface area contributed by atoms with Crippen molar-refractivity contribution in [3.8, 4) is 0 Å². The van der Waals surface area contributed by atoms with Crippen molar-refractivity contribution >= 4 is 48.3 Å². The molecule has 1 aliphatic heterocycles. The lowest BCUT2D eigenvalue weighted by Gasteiger charge is -2.10. The second-order valence-electron chi connectivity index (χ2n) is 5.46. The third-order valence-corrected chi connectivity index (χ3v) is 6.20. The Morgan fingerprint density at radius 2 is 2.13 bits per heavy atom. The first kappa shape index (κ1) is 15.9. The molecular formula is C14H15N3O4S2. The molecule has 7 nitrogen and oxygen atoms in total. The van der Waals surface area contributed by atoms with E-state index in [1.54, 1.807) is 18.2 Å². The van der Waals surface area contributed by atoms with Gasteiger partial charge in [-0.15, -0.1) is 0 Å². The molecule has 23 heavy (non-hydrogen) atoms. The summed E-state index contributed by atoms with van der Waals surface area (Å²) in [5, 5.41) is 5.84. The normalized spacial score (nSPS) is 19.6. The van der Waals surface area contributed by atoms with Crippen LogP contribution < -0.4 is 10.6 Å². The van der Waals surface area contributed by atoms with Gasteiger partial charge in [0.05, 0.1) is 21.7 Å². The zero-order valence-corrected chi connectivity index (χ0v) is 14.0. The predicted molar refractivity (Wildman–Crippen MR) is 88.4 cm³/mol. The molecule has 0 radical (unpaired) electrons. The first-order valence-electron chi connectivity index (χ1n) is 7.02. The van der Waals surface area contributed by atoms with E-state index in [1.165, 1.54) is 18.3 Å². The van der Waals surface area contributed by atoms with E-state index in [1.807, 2.05) is 0 Å². The maximum absolute atomic E-state index is 12.2. The molecular weight excluding hydrogens is 338 g/mol. The number of rotatable bonds is 3. The summed E-state index contributed by atoms with van der Waals surface area (Å²) in [5.41, 5.74) is 1.14. The molecule has 1 aromatic heterocycles. The Morgan fingerprint density at radius 3 is 2.78 bits per heavy atom. The molecule has 0 aliphatic carbocycles. The SMILES string of the molecule is CC(=O)Nc1nc2ccc(C(=O)N[C@@H]3CCS(=O)(=O)C3)cc2s1. The molecule has 3 rings (SSSR count). The summed E-state index contributed by atoms with van der Waals surface area (Å²) in [5.74, 6) is -0.395. The van der Waals surface area contributed by atoms with Gasteiger partial charge < -0.3 is 10.6 Å². The minimum atomic E-state index is -3.03. The molecule has 0 unspecified atom stereocenters. The quantitative estimate of drug-likeness (QED) is 0.862. The van der Waals surface area contributed by atoms with E-state index < -0.39 is 9.84 Å². The molecule has 0 spiro atoms. The van der Waals surface area contributed by atoms with Crippen molar-refractivity contribution in [2.75, 3.05) is 16.8 Å². The highest BCUT2D eigenvalue weighted by Crippen LogP contribution is 2.27. The molecule has 2 heterocycles. The van der Waals surface area contributed by atoms with Gasteiger partial charge in [-0.05, 0) is 24.6 Å². The number of hydrogen-bond donors (Lipinski definition) is 2. The Labute approximate surface area is 137 Å². The highest BCUT2D eigenvalue weighted by Gasteiger charge is 2.29. The number of carbonyl (C=O) groups is 2. The number of anilines is 1. The van der Waals surface area contributed by atoms with Crippen LogP contribution in [-0.4, -0.2) is 42.8 Å². The summed E-state index contributed by atoms with van der Waals surface area (Å²) in [6.45, 7) is 1.40. The fraction of sp³-hybridized carbons (Fsp3) is 0.357.